The lowest BCUT2D eigenvalue weighted by molar-refractivity contribution is -0.142. The van der Waals surface area contributed by atoms with Crippen molar-refractivity contribution in [3.05, 3.63) is 35.4 Å². The van der Waals surface area contributed by atoms with Crippen molar-refractivity contribution in [2.24, 2.45) is 0 Å². The number of hydrogen-bond donors (Lipinski definition) is 0. The van der Waals surface area contributed by atoms with E-state index in [1.807, 2.05) is 0 Å². The highest BCUT2D eigenvalue weighted by Gasteiger charge is 2.35. The Labute approximate surface area is 109 Å². The van der Waals surface area contributed by atoms with Crippen LogP contribution < -0.4 is 4.74 Å². The number of carbonyl (C=O) groups is 3. The molecule has 0 radical (unpaired) electrons. The molecule has 0 spiro atoms. The molecule has 98 valence electrons. The van der Waals surface area contributed by atoms with Crippen molar-refractivity contribution in [3.8, 4) is 5.75 Å². The molecule has 0 aliphatic carbocycles. The molecule has 1 aromatic carbocycles. The molecule has 0 aromatic heterocycles. The minimum Gasteiger partial charge on any atom is -0.497 e. The Morgan fingerprint density at radius 1 is 1.16 bits per heavy atom. The molecule has 1 aliphatic heterocycles. The number of carbonyl (C=O) groups excluding carboxylic acids is 3. The fourth-order valence-electron chi connectivity index (χ4n) is 1.54. The van der Waals surface area contributed by atoms with E-state index in [0.29, 0.717) is 11.3 Å². The van der Waals surface area contributed by atoms with Gasteiger partial charge in [-0.25, -0.2) is 14.5 Å². The van der Waals surface area contributed by atoms with E-state index in [-0.39, 0.29) is 5.57 Å². The molecule has 1 fully saturated rings. The number of likely N-dealkylation sites (N-methyl/N-ethyl adjacent to an activating group) is 1. The first-order chi connectivity index (χ1) is 9.02. The molecule has 1 aliphatic rings. The van der Waals surface area contributed by atoms with Crippen molar-refractivity contribution in [1.82, 2.24) is 4.90 Å². The molecular weight excluding hydrogens is 250 g/mol. The zero-order chi connectivity index (χ0) is 14.0. The monoisotopic (exact) mass is 261 g/mol. The van der Waals surface area contributed by atoms with Crippen molar-refractivity contribution in [1.29, 1.82) is 0 Å². The number of nitrogens with zero attached hydrogens (tertiary/aromatic N) is 1. The fourth-order valence-corrected chi connectivity index (χ4v) is 1.54. The average molecular weight is 261 g/mol. The Kier molecular flexibility index (Phi) is 3.33. The maximum absolute atomic E-state index is 11.8. The van der Waals surface area contributed by atoms with Crippen molar-refractivity contribution in [2.45, 2.75) is 0 Å². The van der Waals surface area contributed by atoms with Gasteiger partial charge in [-0.15, -0.1) is 0 Å². The smallest absolute Gasteiger partial charge is 0.424 e. The summed E-state index contributed by atoms with van der Waals surface area (Å²) in [6.07, 6.45) is 0.398. The van der Waals surface area contributed by atoms with Gasteiger partial charge in [-0.2, -0.15) is 0 Å². The predicted octanol–water partition coefficient (Wildman–Crippen LogP) is 1.21. The summed E-state index contributed by atoms with van der Waals surface area (Å²) in [5.74, 6) is -0.965. The van der Waals surface area contributed by atoms with E-state index < -0.39 is 18.0 Å². The van der Waals surface area contributed by atoms with Gasteiger partial charge in [0.15, 0.2) is 0 Å². The second-order valence-electron chi connectivity index (χ2n) is 3.85. The molecule has 0 atom stereocenters. The number of esters is 1. The standard InChI is InChI=1S/C13H11NO5/c1-14-11(15)10(12(16)19-13(14)17)7-8-3-5-9(18-2)6-4-8/h3-7H,1-2H3/b10-7-. The van der Waals surface area contributed by atoms with Gasteiger partial charge in [-0.05, 0) is 23.8 Å². The fraction of sp³-hybridized carbons (Fsp3) is 0.154. The van der Waals surface area contributed by atoms with E-state index in [2.05, 4.69) is 4.74 Å². The molecule has 19 heavy (non-hydrogen) atoms. The van der Waals surface area contributed by atoms with Crippen molar-refractivity contribution < 1.29 is 23.9 Å². The van der Waals surface area contributed by atoms with Crippen molar-refractivity contribution in [3.63, 3.8) is 0 Å². The lowest BCUT2D eigenvalue weighted by atomic mass is 10.1. The van der Waals surface area contributed by atoms with Gasteiger partial charge < -0.3 is 9.47 Å². The number of rotatable bonds is 2. The van der Waals surface area contributed by atoms with Gasteiger partial charge in [0.1, 0.15) is 11.3 Å². The number of amides is 2. The Morgan fingerprint density at radius 2 is 1.79 bits per heavy atom. The number of benzene rings is 1. The Bertz CT molecular complexity index is 573. The molecule has 0 unspecified atom stereocenters. The Balaban J connectivity index is 2.33. The summed E-state index contributed by atoms with van der Waals surface area (Å²) in [7, 11) is 2.79. The van der Waals surface area contributed by atoms with E-state index >= 15 is 0 Å². The summed E-state index contributed by atoms with van der Waals surface area (Å²) in [6, 6.07) is 6.76. The second-order valence-corrected chi connectivity index (χ2v) is 3.85. The Hall–Kier alpha value is -2.63. The third-order valence-corrected chi connectivity index (χ3v) is 2.64. The maximum atomic E-state index is 11.8. The van der Waals surface area contributed by atoms with Gasteiger partial charge in [0.05, 0.1) is 7.11 Å². The Morgan fingerprint density at radius 3 is 2.37 bits per heavy atom. The number of imide groups is 1. The molecule has 1 aromatic rings. The molecule has 0 bridgehead atoms. The van der Waals surface area contributed by atoms with E-state index in [1.165, 1.54) is 20.2 Å². The minimum atomic E-state index is -0.970. The molecule has 2 rings (SSSR count). The van der Waals surface area contributed by atoms with Crippen LogP contribution in [0, 0.1) is 0 Å². The molecule has 2 amide bonds. The summed E-state index contributed by atoms with van der Waals surface area (Å²) in [4.78, 5) is 35.2. The first kappa shape index (κ1) is 12.8. The van der Waals surface area contributed by atoms with Gasteiger partial charge in [0, 0.05) is 7.05 Å². The van der Waals surface area contributed by atoms with Crippen LogP contribution in [0.3, 0.4) is 0 Å². The lowest BCUT2D eigenvalue weighted by Crippen LogP contribution is -2.43. The first-order valence-corrected chi connectivity index (χ1v) is 5.43. The number of methoxy groups -OCH3 is 1. The number of hydrogen-bond acceptors (Lipinski definition) is 5. The lowest BCUT2D eigenvalue weighted by Gasteiger charge is -2.20. The van der Waals surface area contributed by atoms with E-state index in [9.17, 15) is 14.4 Å². The second kappa shape index (κ2) is 4.93. The van der Waals surface area contributed by atoms with Gasteiger partial charge in [-0.3, -0.25) is 4.79 Å². The zero-order valence-electron chi connectivity index (χ0n) is 10.4. The van der Waals surface area contributed by atoms with Gasteiger partial charge in [0.25, 0.3) is 5.91 Å². The molecular formula is C13H11NO5. The minimum absolute atomic E-state index is 0.188. The molecule has 6 nitrogen and oxygen atoms in total. The van der Waals surface area contributed by atoms with Gasteiger partial charge >= 0.3 is 12.1 Å². The van der Waals surface area contributed by atoms with Gasteiger partial charge in [-0.1, -0.05) is 12.1 Å². The highest BCUT2D eigenvalue weighted by molar-refractivity contribution is 6.27. The summed E-state index contributed by atoms with van der Waals surface area (Å²) < 4.78 is 9.43. The molecule has 6 heteroatoms. The zero-order valence-corrected chi connectivity index (χ0v) is 10.4. The van der Waals surface area contributed by atoms with Crippen LogP contribution in [0.25, 0.3) is 6.08 Å². The van der Waals surface area contributed by atoms with E-state index in [1.54, 1.807) is 24.3 Å². The summed E-state index contributed by atoms with van der Waals surface area (Å²) in [5.41, 5.74) is 0.441. The number of ether oxygens (including phenoxy) is 2. The van der Waals surface area contributed by atoms with E-state index in [0.717, 1.165) is 4.90 Å². The quantitative estimate of drug-likeness (QED) is 0.346. The van der Waals surface area contributed by atoms with Crippen LogP contribution >= 0.6 is 0 Å². The molecule has 0 N–H and O–H groups in total. The first-order valence-electron chi connectivity index (χ1n) is 5.43. The normalized spacial score (nSPS) is 17.7. The maximum Gasteiger partial charge on any atom is 0.424 e. The van der Waals surface area contributed by atoms with Crippen LogP contribution in [-0.2, 0) is 14.3 Å². The highest BCUT2D eigenvalue weighted by atomic mass is 16.6. The van der Waals surface area contributed by atoms with Crippen LogP contribution in [0.4, 0.5) is 4.79 Å². The average Bonchev–Trinajstić information content (AvgIpc) is 2.42. The van der Waals surface area contributed by atoms with Crippen LogP contribution in [0.5, 0.6) is 5.75 Å². The third kappa shape index (κ3) is 2.47. The van der Waals surface area contributed by atoms with Gasteiger partial charge in [0.2, 0.25) is 0 Å². The summed E-state index contributed by atoms with van der Waals surface area (Å²) in [6.45, 7) is 0. The molecule has 1 saturated heterocycles. The summed E-state index contributed by atoms with van der Waals surface area (Å²) >= 11 is 0. The summed E-state index contributed by atoms with van der Waals surface area (Å²) in [5, 5.41) is 0. The number of cyclic esters (lactones) is 2. The van der Waals surface area contributed by atoms with Crippen LogP contribution in [0.2, 0.25) is 0 Å². The largest absolute Gasteiger partial charge is 0.497 e. The van der Waals surface area contributed by atoms with Crippen LogP contribution in [-0.4, -0.2) is 37.0 Å². The SMILES string of the molecule is COc1ccc(/C=C2\C(=O)OC(=O)N(C)C2=O)cc1. The third-order valence-electron chi connectivity index (χ3n) is 2.64. The predicted molar refractivity (Wildman–Crippen MR) is 65.2 cm³/mol. The highest BCUT2D eigenvalue weighted by Crippen LogP contribution is 2.18. The topological polar surface area (TPSA) is 72.9 Å². The van der Waals surface area contributed by atoms with Crippen molar-refractivity contribution >= 4 is 24.0 Å². The van der Waals surface area contributed by atoms with Crippen molar-refractivity contribution in [2.75, 3.05) is 14.2 Å². The van der Waals surface area contributed by atoms with E-state index in [4.69, 9.17) is 4.74 Å². The van der Waals surface area contributed by atoms with Crippen LogP contribution in [0.15, 0.2) is 29.8 Å². The molecule has 1 heterocycles. The van der Waals surface area contributed by atoms with Crippen LogP contribution in [0.1, 0.15) is 5.56 Å². The molecule has 0 saturated carbocycles.